The van der Waals surface area contributed by atoms with Crippen molar-refractivity contribution in [1.82, 2.24) is 9.55 Å². The molecule has 0 spiro atoms. The number of para-hydroxylation sites is 3. The van der Waals surface area contributed by atoms with Crippen molar-refractivity contribution >= 4 is 44.9 Å². The maximum atomic E-state index is 13.6. The molecule has 3 aromatic carbocycles. The van der Waals surface area contributed by atoms with Gasteiger partial charge in [0.25, 0.3) is 5.56 Å². The fraction of sp³-hybridized carbons (Fsp3) is 0.0741. The maximum Gasteiger partial charge on any atom is 0.267 e. The number of thiophene rings is 1. The van der Waals surface area contributed by atoms with Gasteiger partial charge >= 0.3 is 0 Å². The quantitative estimate of drug-likeness (QED) is 0.225. The van der Waals surface area contributed by atoms with E-state index in [0.29, 0.717) is 32.5 Å². The number of ether oxygens (including phenoxy) is 1. The molecule has 0 saturated carbocycles. The number of amides is 1. The van der Waals surface area contributed by atoms with Crippen LogP contribution in [0.1, 0.15) is 0 Å². The van der Waals surface area contributed by atoms with Gasteiger partial charge < -0.3 is 10.1 Å². The molecule has 0 atom stereocenters. The zero-order valence-corrected chi connectivity index (χ0v) is 20.4. The van der Waals surface area contributed by atoms with Gasteiger partial charge in [-0.05, 0) is 35.9 Å². The number of rotatable bonds is 7. The Morgan fingerprint density at radius 2 is 1.69 bits per heavy atom. The molecule has 0 radical (unpaired) electrons. The second-order valence-corrected chi connectivity index (χ2v) is 9.58. The second-order valence-electron chi connectivity index (χ2n) is 7.60. The Kier molecular flexibility index (Phi) is 6.65. The minimum Gasteiger partial charge on any atom is -0.495 e. The summed E-state index contributed by atoms with van der Waals surface area (Å²) >= 11 is 2.69. The van der Waals surface area contributed by atoms with E-state index in [1.807, 2.05) is 78.9 Å². The molecule has 0 fully saturated rings. The largest absolute Gasteiger partial charge is 0.495 e. The van der Waals surface area contributed by atoms with E-state index in [0.717, 1.165) is 10.4 Å². The van der Waals surface area contributed by atoms with Crippen LogP contribution in [0.25, 0.3) is 26.3 Å². The molecule has 0 aliphatic heterocycles. The summed E-state index contributed by atoms with van der Waals surface area (Å²) in [5.41, 5.74) is 2.17. The Morgan fingerprint density at radius 3 is 2.43 bits per heavy atom. The van der Waals surface area contributed by atoms with Crippen LogP contribution in [0.5, 0.6) is 5.75 Å². The van der Waals surface area contributed by atoms with Crippen molar-refractivity contribution in [3.8, 4) is 21.9 Å². The van der Waals surface area contributed by atoms with Gasteiger partial charge in [0.05, 0.1) is 29.6 Å². The summed E-state index contributed by atoms with van der Waals surface area (Å²) in [6.07, 6.45) is 0. The third kappa shape index (κ3) is 4.84. The van der Waals surface area contributed by atoms with Crippen molar-refractivity contribution in [2.75, 3.05) is 18.2 Å². The van der Waals surface area contributed by atoms with Gasteiger partial charge in [-0.1, -0.05) is 72.4 Å². The van der Waals surface area contributed by atoms with Gasteiger partial charge in [-0.2, -0.15) is 0 Å². The molecule has 6 nitrogen and oxygen atoms in total. The molecule has 1 N–H and O–H groups in total. The predicted molar refractivity (Wildman–Crippen MR) is 143 cm³/mol. The van der Waals surface area contributed by atoms with Crippen LogP contribution in [0.3, 0.4) is 0 Å². The fourth-order valence-electron chi connectivity index (χ4n) is 3.67. The lowest BCUT2D eigenvalue weighted by Gasteiger charge is -2.12. The van der Waals surface area contributed by atoms with Crippen LogP contribution in [-0.2, 0) is 4.79 Å². The monoisotopic (exact) mass is 499 g/mol. The molecule has 5 aromatic rings. The smallest absolute Gasteiger partial charge is 0.267 e. The molecule has 0 aliphatic carbocycles. The lowest BCUT2D eigenvalue weighted by molar-refractivity contribution is -0.113. The van der Waals surface area contributed by atoms with E-state index in [1.54, 1.807) is 23.8 Å². The van der Waals surface area contributed by atoms with Crippen LogP contribution in [-0.4, -0.2) is 28.3 Å². The number of anilines is 1. The lowest BCUT2D eigenvalue weighted by Crippen LogP contribution is -2.22. The van der Waals surface area contributed by atoms with Crippen molar-refractivity contribution in [1.29, 1.82) is 0 Å². The van der Waals surface area contributed by atoms with Crippen LogP contribution >= 0.6 is 23.1 Å². The molecular weight excluding hydrogens is 478 g/mol. The van der Waals surface area contributed by atoms with Gasteiger partial charge in [-0.3, -0.25) is 14.2 Å². The highest BCUT2D eigenvalue weighted by Gasteiger charge is 2.18. The van der Waals surface area contributed by atoms with Gasteiger partial charge in [-0.25, -0.2) is 4.98 Å². The summed E-state index contributed by atoms with van der Waals surface area (Å²) in [6.45, 7) is 0. The van der Waals surface area contributed by atoms with Crippen LogP contribution in [0.4, 0.5) is 5.69 Å². The highest BCUT2D eigenvalue weighted by Crippen LogP contribution is 2.33. The Labute approximate surface area is 210 Å². The van der Waals surface area contributed by atoms with Crippen molar-refractivity contribution in [3.05, 3.63) is 101 Å². The number of hydrogen-bond donors (Lipinski definition) is 1. The summed E-state index contributed by atoms with van der Waals surface area (Å²) in [6, 6.07) is 28.4. The second kappa shape index (κ2) is 10.2. The Balaban J connectivity index is 1.50. The molecule has 0 unspecified atom stereocenters. The van der Waals surface area contributed by atoms with E-state index >= 15 is 0 Å². The predicted octanol–water partition coefficient (Wildman–Crippen LogP) is 5.85. The number of hydrogen-bond acceptors (Lipinski definition) is 6. The standard InChI is InChI=1S/C27H21N3O3S2/c1-33-22-15-9-8-14-21(22)28-24(31)17-34-27-29-25-20(16-23(35-25)18-10-4-2-5-11-18)26(32)30(27)19-12-6-3-7-13-19/h2-16H,17H2,1H3,(H,28,31). The molecule has 0 aliphatic rings. The summed E-state index contributed by atoms with van der Waals surface area (Å²) in [7, 11) is 1.56. The van der Waals surface area contributed by atoms with Crippen molar-refractivity contribution < 1.29 is 9.53 Å². The summed E-state index contributed by atoms with van der Waals surface area (Å²) < 4.78 is 6.88. The summed E-state index contributed by atoms with van der Waals surface area (Å²) in [5, 5.41) is 3.89. The van der Waals surface area contributed by atoms with Crippen LogP contribution in [0.15, 0.2) is 101 Å². The first-order valence-corrected chi connectivity index (χ1v) is 12.7. The summed E-state index contributed by atoms with van der Waals surface area (Å²) in [5.74, 6) is 0.447. The molecule has 0 saturated heterocycles. The van der Waals surface area contributed by atoms with E-state index in [-0.39, 0.29) is 17.2 Å². The number of benzene rings is 3. The molecule has 35 heavy (non-hydrogen) atoms. The van der Waals surface area contributed by atoms with E-state index < -0.39 is 0 Å². The van der Waals surface area contributed by atoms with Gasteiger partial charge in [0.2, 0.25) is 5.91 Å². The average molecular weight is 500 g/mol. The first-order chi connectivity index (χ1) is 17.1. The minimum atomic E-state index is -0.218. The number of carbonyl (C=O) groups excluding carboxylic acids is 1. The molecule has 2 heterocycles. The molecule has 8 heteroatoms. The third-order valence-corrected chi connectivity index (χ3v) is 7.34. The Hall–Kier alpha value is -3.88. The number of thioether (sulfide) groups is 1. The highest BCUT2D eigenvalue weighted by molar-refractivity contribution is 7.99. The molecule has 2 aromatic heterocycles. The van der Waals surface area contributed by atoms with E-state index in [9.17, 15) is 9.59 Å². The first-order valence-electron chi connectivity index (χ1n) is 10.9. The normalized spacial score (nSPS) is 10.9. The topological polar surface area (TPSA) is 73.2 Å². The van der Waals surface area contributed by atoms with Crippen LogP contribution in [0, 0.1) is 0 Å². The SMILES string of the molecule is COc1ccccc1NC(=O)CSc1nc2sc(-c3ccccc3)cc2c(=O)n1-c1ccccc1. The number of nitrogens with zero attached hydrogens (tertiary/aromatic N) is 2. The number of carbonyl (C=O) groups is 1. The Morgan fingerprint density at radius 1 is 1.00 bits per heavy atom. The van der Waals surface area contributed by atoms with Crippen molar-refractivity contribution in [3.63, 3.8) is 0 Å². The van der Waals surface area contributed by atoms with Crippen molar-refractivity contribution in [2.45, 2.75) is 5.16 Å². The minimum absolute atomic E-state index is 0.0831. The molecule has 0 bridgehead atoms. The molecule has 1 amide bonds. The lowest BCUT2D eigenvalue weighted by atomic mass is 10.2. The van der Waals surface area contributed by atoms with Gasteiger partial charge in [0.1, 0.15) is 10.6 Å². The number of aromatic nitrogens is 2. The van der Waals surface area contributed by atoms with Gasteiger partial charge in [0.15, 0.2) is 5.16 Å². The van der Waals surface area contributed by atoms with Crippen molar-refractivity contribution in [2.24, 2.45) is 0 Å². The number of fused-ring (bicyclic) bond motifs is 1. The zero-order valence-electron chi connectivity index (χ0n) is 18.8. The third-order valence-electron chi connectivity index (χ3n) is 5.32. The average Bonchev–Trinajstić information content (AvgIpc) is 3.33. The maximum absolute atomic E-state index is 13.6. The van der Waals surface area contributed by atoms with E-state index in [1.165, 1.54) is 23.1 Å². The van der Waals surface area contributed by atoms with Crippen LogP contribution in [0.2, 0.25) is 0 Å². The van der Waals surface area contributed by atoms with Gasteiger partial charge in [-0.15, -0.1) is 11.3 Å². The van der Waals surface area contributed by atoms with Gasteiger partial charge in [0, 0.05) is 4.88 Å². The highest BCUT2D eigenvalue weighted by atomic mass is 32.2. The molecule has 174 valence electrons. The number of methoxy groups -OCH3 is 1. The van der Waals surface area contributed by atoms with Crippen LogP contribution < -0.4 is 15.6 Å². The first kappa shape index (κ1) is 22.9. The molecular formula is C27H21N3O3S2. The number of nitrogens with one attached hydrogen (secondary N) is 1. The Bertz CT molecular complexity index is 1550. The van der Waals surface area contributed by atoms with E-state index in [4.69, 9.17) is 9.72 Å². The zero-order chi connectivity index (χ0) is 24.2. The molecule has 5 rings (SSSR count). The summed E-state index contributed by atoms with van der Waals surface area (Å²) in [4.78, 5) is 32.8. The fourth-order valence-corrected chi connectivity index (χ4v) is 5.56. The van der Waals surface area contributed by atoms with E-state index in [2.05, 4.69) is 5.32 Å².